The van der Waals surface area contributed by atoms with Gasteiger partial charge in [0.25, 0.3) is 5.91 Å². The number of esters is 1. The topological polar surface area (TPSA) is 83.5 Å². The third-order valence-corrected chi connectivity index (χ3v) is 6.49. The monoisotopic (exact) mass is 509 g/mol. The molecule has 0 atom stereocenters. The number of carbonyl (C=O) groups excluding carboxylic acids is 2. The van der Waals surface area contributed by atoms with Crippen LogP contribution < -0.4 is 10.2 Å². The Labute approximate surface area is 224 Å². The van der Waals surface area contributed by atoms with Crippen molar-refractivity contribution >= 4 is 39.8 Å². The summed E-state index contributed by atoms with van der Waals surface area (Å²) in [6.07, 6.45) is 1.46. The second-order valence-electron chi connectivity index (χ2n) is 8.94. The third kappa shape index (κ3) is 4.79. The standard InChI is InChI=1S/C33H23N3O3/c37-32(36-34-21-25-16-8-10-18-28(25)39-33(38)24-14-5-2-6-15-24)31-29(23-12-3-1-4-13-23)27-20-19-22-11-7-9-17-26(22)30(27)35-31/h1-21,35H,(H,36,37). The van der Waals surface area contributed by atoms with Gasteiger partial charge < -0.3 is 9.72 Å². The number of fused-ring (bicyclic) bond motifs is 3. The number of para-hydroxylation sites is 1. The number of amides is 1. The van der Waals surface area contributed by atoms with Crippen molar-refractivity contribution in [2.45, 2.75) is 0 Å². The van der Waals surface area contributed by atoms with Gasteiger partial charge in [-0.1, -0.05) is 97.1 Å². The van der Waals surface area contributed by atoms with E-state index in [0.29, 0.717) is 22.6 Å². The predicted octanol–water partition coefficient (Wildman–Crippen LogP) is 6.97. The minimum Gasteiger partial charge on any atom is -0.422 e. The average molecular weight is 510 g/mol. The van der Waals surface area contributed by atoms with Crippen LogP contribution in [-0.2, 0) is 0 Å². The summed E-state index contributed by atoms with van der Waals surface area (Å²) in [5, 5.41) is 7.25. The number of benzene rings is 5. The first-order valence-corrected chi connectivity index (χ1v) is 12.5. The smallest absolute Gasteiger partial charge is 0.343 e. The molecule has 1 amide bonds. The molecule has 0 unspecified atom stereocenters. The van der Waals surface area contributed by atoms with Crippen molar-refractivity contribution in [3.05, 3.63) is 138 Å². The molecule has 0 aliphatic rings. The number of hydrogen-bond acceptors (Lipinski definition) is 4. The maximum atomic E-state index is 13.4. The van der Waals surface area contributed by atoms with Crippen molar-refractivity contribution in [1.29, 1.82) is 0 Å². The second kappa shape index (κ2) is 10.5. The summed E-state index contributed by atoms with van der Waals surface area (Å²) >= 11 is 0. The van der Waals surface area contributed by atoms with Crippen molar-refractivity contribution in [3.63, 3.8) is 0 Å². The van der Waals surface area contributed by atoms with Crippen LogP contribution in [-0.4, -0.2) is 23.1 Å². The molecule has 6 aromatic rings. The van der Waals surface area contributed by atoms with E-state index in [2.05, 4.69) is 21.6 Å². The van der Waals surface area contributed by atoms with Crippen LogP contribution in [0.15, 0.2) is 126 Å². The van der Waals surface area contributed by atoms with E-state index in [-0.39, 0.29) is 5.91 Å². The molecule has 0 bridgehead atoms. The summed E-state index contributed by atoms with van der Waals surface area (Å²) in [7, 11) is 0. The number of nitrogens with one attached hydrogen (secondary N) is 2. The molecule has 0 aliphatic heterocycles. The van der Waals surface area contributed by atoms with Gasteiger partial charge in [-0.25, -0.2) is 10.2 Å². The summed E-state index contributed by atoms with van der Waals surface area (Å²) in [5.74, 6) is -0.520. The first kappa shape index (κ1) is 23.9. The Morgan fingerprint density at radius 1 is 0.718 bits per heavy atom. The van der Waals surface area contributed by atoms with Gasteiger partial charge in [-0.3, -0.25) is 4.79 Å². The third-order valence-electron chi connectivity index (χ3n) is 6.49. The molecule has 1 aromatic heterocycles. The fourth-order valence-corrected chi connectivity index (χ4v) is 4.64. The van der Waals surface area contributed by atoms with Crippen molar-refractivity contribution in [1.82, 2.24) is 10.4 Å². The van der Waals surface area contributed by atoms with E-state index in [1.54, 1.807) is 48.5 Å². The van der Waals surface area contributed by atoms with Crippen LogP contribution in [0.25, 0.3) is 32.8 Å². The SMILES string of the molecule is O=C(Oc1ccccc1C=NNC(=O)c1[nH]c2c(ccc3ccccc32)c1-c1ccccc1)c1ccccc1. The van der Waals surface area contributed by atoms with E-state index < -0.39 is 5.97 Å². The molecular formula is C33H23N3O3. The van der Waals surface area contributed by atoms with Crippen molar-refractivity contribution in [3.8, 4) is 16.9 Å². The molecule has 0 radical (unpaired) electrons. The second-order valence-corrected chi connectivity index (χ2v) is 8.94. The zero-order valence-corrected chi connectivity index (χ0v) is 20.8. The molecule has 6 heteroatoms. The fraction of sp³-hybridized carbons (Fsp3) is 0. The minimum absolute atomic E-state index is 0.339. The molecule has 0 spiro atoms. The Bertz CT molecular complexity index is 1840. The van der Waals surface area contributed by atoms with Crippen LogP contribution in [0.4, 0.5) is 0 Å². The molecule has 0 fully saturated rings. The van der Waals surface area contributed by atoms with Gasteiger partial charge in [0, 0.05) is 21.9 Å². The Balaban J connectivity index is 1.31. The summed E-state index contributed by atoms with van der Waals surface area (Å²) in [4.78, 5) is 29.3. The number of carbonyl (C=O) groups is 2. The molecule has 2 N–H and O–H groups in total. The molecule has 0 saturated carbocycles. The number of nitrogens with zero attached hydrogens (tertiary/aromatic N) is 1. The molecule has 5 aromatic carbocycles. The molecule has 6 nitrogen and oxygen atoms in total. The summed E-state index contributed by atoms with van der Waals surface area (Å²) < 4.78 is 5.58. The van der Waals surface area contributed by atoms with Gasteiger partial charge in [0.1, 0.15) is 11.4 Å². The Morgan fingerprint density at radius 2 is 1.41 bits per heavy atom. The number of aromatic amines is 1. The van der Waals surface area contributed by atoms with Crippen molar-refractivity contribution in [2.75, 3.05) is 0 Å². The molecule has 188 valence electrons. The number of rotatable bonds is 6. The van der Waals surface area contributed by atoms with Crippen molar-refractivity contribution < 1.29 is 14.3 Å². The maximum Gasteiger partial charge on any atom is 0.343 e. The summed E-state index contributed by atoms with van der Waals surface area (Å²) in [6.45, 7) is 0. The van der Waals surface area contributed by atoms with Crippen LogP contribution in [0.1, 0.15) is 26.4 Å². The van der Waals surface area contributed by atoms with Crippen LogP contribution in [0.3, 0.4) is 0 Å². The van der Waals surface area contributed by atoms with E-state index in [9.17, 15) is 9.59 Å². The van der Waals surface area contributed by atoms with Crippen LogP contribution >= 0.6 is 0 Å². The van der Waals surface area contributed by atoms with Crippen LogP contribution in [0.5, 0.6) is 5.75 Å². The fourth-order valence-electron chi connectivity index (χ4n) is 4.64. The lowest BCUT2D eigenvalue weighted by molar-refractivity contribution is 0.0734. The summed E-state index contributed by atoms with van der Waals surface area (Å²) in [6, 6.07) is 37.7. The van der Waals surface area contributed by atoms with E-state index in [1.807, 2.05) is 66.7 Å². The van der Waals surface area contributed by atoms with Gasteiger partial charge in [0.2, 0.25) is 0 Å². The lowest BCUT2D eigenvalue weighted by Gasteiger charge is -2.07. The van der Waals surface area contributed by atoms with E-state index >= 15 is 0 Å². The molecule has 1 heterocycles. The van der Waals surface area contributed by atoms with Gasteiger partial charge in [-0.05, 0) is 35.2 Å². The molecular weight excluding hydrogens is 486 g/mol. The van der Waals surface area contributed by atoms with Crippen LogP contribution in [0, 0.1) is 0 Å². The van der Waals surface area contributed by atoms with Gasteiger partial charge >= 0.3 is 5.97 Å². The van der Waals surface area contributed by atoms with E-state index in [1.165, 1.54) is 6.21 Å². The summed E-state index contributed by atoms with van der Waals surface area (Å²) in [5.41, 5.74) is 6.66. The Morgan fingerprint density at radius 3 is 2.23 bits per heavy atom. The van der Waals surface area contributed by atoms with Gasteiger partial charge in [0.05, 0.1) is 17.3 Å². The van der Waals surface area contributed by atoms with Gasteiger partial charge in [-0.15, -0.1) is 0 Å². The average Bonchev–Trinajstić information content (AvgIpc) is 3.39. The highest BCUT2D eigenvalue weighted by Crippen LogP contribution is 2.36. The number of aromatic nitrogens is 1. The zero-order valence-electron chi connectivity index (χ0n) is 20.8. The van der Waals surface area contributed by atoms with Gasteiger partial charge in [0.15, 0.2) is 0 Å². The number of H-pyrrole nitrogens is 1. The van der Waals surface area contributed by atoms with E-state index in [0.717, 1.165) is 32.8 Å². The lowest BCUT2D eigenvalue weighted by atomic mass is 9.99. The van der Waals surface area contributed by atoms with E-state index in [4.69, 9.17) is 4.74 Å². The molecule has 6 rings (SSSR count). The highest BCUT2D eigenvalue weighted by molar-refractivity contribution is 6.16. The largest absolute Gasteiger partial charge is 0.422 e. The minimum atomic E-state index is -0.474. The normalized spacial score (nSPS) is 11.2. The maximum absolute atomic E-state index is 13.4. The first-order valence-electron chi connectivity index (χ1n) is 12.5. The molecule has 0 saturated heterocycles. The number of hydrazone groups is 1. The highest BCUT2D eigenvalue weighted by Gasteiger charge is 2.20. The Hall–Kier alpha value is -5.49. The van der Waals surface area contributed by atoms with Crippen molar-refractivity contribution in [2.24, 2.45) is 5.10 Å². The zero-order chi connectivity index (χ0) is 26.6. The number of hydrogen-bond donors (Lipinski definition) is 2. The predicted molar refractivity (Wildman–Crippen MR) is 154 cm³/mol. The van der Waals surface area contributed by atoms with Gasteiger partial charge in [-0.2, -0.15) is 5.10 Å². The Kier molecular flexibility index (Phi) is 6.41. The lowest BCUT2D eigenvalue weighted by Crippen LogP contribution is -2.19. The highest BCUT2D eigenvalue weighted by atomic mass is 16.5. The first-order chi connectivity index (χ1) is 19.2. The quantitative estimate of drug-likeness (QED) is 0.110. The molecule has 0 aliphatic carbocycles. The number of ether oxygens (including phenoxy) is 1. The molecule has 39 heavy (non-hydrogen) atoms. The van der Waals surface area contributed by atoms with Crippen LogP contribution in [0.2, 0.25) is 0 Å².